The van der Waals surface area contributed by atoms with Crippen LogP contribution >= 0.6 is 0 Å². The number of carbonyl (C=O) groups is 3. The molecule has 0 aromatic heterocycles. The first-order valence-corrected chi connectivity index (χ1v) is 12.5. The number of nitrogens with one attached hydrogen (secondary N) is 2. The molecule has 0 saturated heterocycles. The molecule has 1 saturated carbocycles. The highest BCUT2D eigenvalue weighted by molar-refractivity contribution is 5.86. The zero-order valence-corrected chi connectivity index (χ0v) is 20.3. The van der Waals surface area contributed by atoms with Gasteiger partial charge in [0.25, 0.3) is 0 Å². The van der Waals surface area contributed by atoms with E-state index in [1.807, 2.05) is 24.3 Å². The van der Waals surface area contributed by atoms with Crippen molar-refractivity contribution in [2.75, 3.05) is 6.61 Å². The van der Waals surface area contributed by atoms with Gasteiger partial charge in [-0.25, -0.2) is 4.79 Å². The van der Waals surface area contributed by atoms with Crippen molar-refractivity contribution in [1.29, 1.82) is 0 Å². The highest BCUT2D eigenvalue weighted by Gasteiger charge is 2.33. The van der Waals surface area contributed by atoms with Crippen molar-refractivity contribution >= 4 is 18.0 Å². The molecule has 3 atom stereocenters. The molecule has 7 heteroatoms. The maximum atomic E-state index is 13.0. The summed E-state index contributed by atoms with van der Waals surface area (Å²) < 4.78 is 5.64. The normalized spacial score (nSPS) is 19.6. The van der Waals surface area contributed by atoms with Crippen molar-refractivity contribution in [3.63, 3.8) is 0 Å². The van der Waals surface area contributed by atoms with Crippen LogP contribution in [-0.4, -0.2) is 41.8 Å². The molecule has 2 aliphatic carbocycles. The summed E-state index contributed by atoms with van der Waals surface area (Å²) in [6.45, 7) is 4.31. The van der Waals surface area contributed by atoms with Crippen LogP contribution in [0.15, 0.2) is 48.5 Å². The van der Waals surface area contributed by atoms with Gasteiger partial charge in [-0.15, -0.1) is 0 Å². The number of hydrogen-bond acceptors (Lipinski definition) is 4. The van der Waals surface area contributed by atoms with Gasteiger partial charge in [0, 0.05) is 12.0 Å². The minimum Gasteiger partial charge on any atom is -0.481 e. The molecular weight excluding hydrogens is 444 g/mol. The lowest BCUT2D eigenvalue weighted by atomic mass is 9.98. The fourth-order valence-corrected chi connectivity index (χ4v) is 5.19. The Morgan fingerprint density at radius 3 is 2.17 bits per heavy atom. The van der Waals surface area contributed by atoms with Crippen molar-refractivity contribution < 1.29 is 24.2 Å². The fraction of sp³-hybridized carbons (Fsp3) is 0.464. The number of aliphatic carboxylic acids is 1. The third-order valence-corrected chi connectivity index (χ3v) is 7.11. The smallest absolute Gasteiger partial charge is 0.407 e. The molecule has 0 heterocycles. The molecule has 7 nitrogen and oxygen atoms in total. The van der Waals surface area contributed by atoms with E-state index >= 15 is 0 Å². The number of benzene rings is 2. The van der Waals surface area contributed by atoms with Gasteiger partial charge in [0.15, 0.2) is 0 Å². The number of carboxylic acid groups (broad SMARTS) is 1. The summed E-state index contributed by atoms with van der Waals surface area (Å²) in [6.07, 6.45) is 2.24. The van der Waals surface area contributed by atoms with Gasteiger partial charge in [-0.3, -0.25) is 9.59 Å². The topological polar surface area (TPSA) is 105 Å². The SMILES string of the molecule is CC(C)CCC(NC(=O)OCC1c2ccccc2-c2ccccc21)C(=O)N[C@H]1CC[C@@H](C(=O)O)C1. The first kappa shape index (κ1) is 24.8. The second-order valence-corrected chi connectivity index (χ2v) is 10.0. The molecule has 2 aliphatic rings. The maximum absolute atomic E-state index is 13.0. The zero-order chi connectivity index (χ0) is 24.9. The summed E-state index contributed by atoms with van der Waals surface area (Å²) in [6, 6.07) is 15.4. The monoisotopic (exact) mass is 478 g/mol. The highest BCUT2D eigenvalue weighted by Crippen LogP contribution is 2.44. The molecular formula is C28H34N2O5. The van der Waals surface area contributed by atoms with Crippen LogP contribution in [0.25, 0.3) is 11.1 Å². The summed E-state index contributed by atoms with van der Waals surface area (Å²) in [5.74, 6) is -1.21. The van der Waals surface area contributed by atoms with Gasteiger partial charge in [0.05, 0.1) is 5.92 Å². The summed E-state index contributed by atoms with van der Waals surface area (Å²) in [5, 5.41) is 14.9. The first-order valence-electron chi connectivity index (χ1n) is 12.5. The Hall–Kier alpha value is -3.35. The van der Waals surface area contributed by atoms with Crippen LogP contribution in [0.1, 0.15) is 63.0 Å². The van der Waals surface area contributed by atoms with Crippen LogP contribution in [0.2, 0.25) is 0 Å². The lowest BCUT2D eigenvalue weighted by Crippen LogP contribution is -2.49. The van der Waals surface area contributed by atoms with Crippen LogP contribution in [0.5, 0.6) is 0 Å². The number of rotatable bonds is 9. The van der Waals surface area contributed by atoms with E-state index in [1.54, 1.807) is 0 Å². The zero-order valence-electron chi connectivity index (χ0n) is 20.3. The average Bonchev–Trinajstić information content (AvgIpc) is 3.43. The number of carboxylic acids is 1. The van der Waals surface area contributed by atoms with Gasteiger partial charge in [-0.2, -0.15) is 0 Å². The Labute approximate surface area is 206 Å². The second-order valence-electron chi connectivity index (χ2n) is 10.0. The molecule has 186 valence electrons. The van der Waals surface area contributed by atoms with Gasteiger partial charge >= 0.3 is 12.1 Å². The van der Waals surface area contributed by atoms with Crippen LogP contribution in [-0.2, 0) is 14.3 Å². The van der Waals surface area contributed by atoms with Crippen LogP contribution in [0.4, 0.5) is 4.79 Å². The van der Waals surface area contributed by atoms with E-state index < -0.39 is 24.0 Å². The number of amides is 2. The van der Waals surface area contributed by atoms with E-state index in [9.17, 15) is 19.5 Å². The third kappa shape index (κ3) is 5.84. The fourth-order valence-electron chi connectivity index (χ4n) is 5.19. The molecule has 2 amide bonds. The lowest BCUT2D eigenvalue weighted by molar-refractivity contribution is -0.141. The lowest BCUT2D eigenvalue weighted by Gasteiger charge is -2.22. The van der Waals surface area contributed by atoms with Crippen molar-refractivity contribution in [1.82, 2.24) is 10.6 Å². The van der Waals surface area contributed by atoms with Gasteiger partial charge in [0.1, 0.15) is 12.6 Å². The van der Waals surface area contributed by atoms with E-state index in [1.165, 1.54) is 0 Å². The molecule has 0 aliphatic heterocycles. The molecule has 35 heavy (non-hydrogen) atoms. The number of ether oxygens (including phenoxy) is 1. The highest BCUT2D eigenvalue weighted by atomic mass is 16.5. The Bertz CT molecular complexity index is 1040. The number of fused-ring (bicyclic) bond motifs is 3. The minimum atomic E-state index is -0.824. The Kier molecular flexibility index (Phi) is 7.73. The van der Waals surface area contributed by atoms with Crippen molar-refractivity contribution in [3.05, 3.63) is 59.7 Å². The molecule has 1 unspecified atom stereocenters. The molecule has 0 spiro atoms. The van der Waals surface area contributed by atoms with Gasteiger partial charge in [-0.1, -0.05) is 62.4 Å². The largest absolute Gasteiger partial charge is 0.481 e. The number of carbonyl (C=O) groups excluding carboxylic acids is 2. The van der Waals surface area contributed by atoms with Gasteiger partial charge < -0.3 is 20.5 Å². The van der Waals surface area contributed by atoms with Crippen LogP contribution < -0.4 is 10.6 Å². The average molecular weight is 479 g/mol. The summed E-state index contributed by atoms with van der Waals surface area (Å²) >= 11 is 0. The summed E-state index contributed by atoms with van der Waals surface area (Å²) in [5.41, 5.74) is 4.57. The van der Waals surface area contributed by atoms with Crippen molar-refractivity contribution in [3.8, 4) is 11.1 Å². The Morgan fingerprint density at radius 1 is 0.971 bits per heavy atom. The number of alkyl carbamates (subject to hydrolysis) is 1. The molecule has 2 aromatic carbocycles. The van der Waals surface area contributed by atoms with Gasteiger partial charge in [-0.05, 0) is 60.3 Å². The Balaban J connectivity index is 1.37. The summed E-state index contributed by atoms with van der Waals surface area (Å²) in [4.78, 5) is 37.0. The molecule has 4 rings (SSSR count). The molecule has 0 bridgehead atoms. The van der Waals surface area contributed by atoms with E-state index in [-0.39, 0.29) is 24.5 Å². The van der Waals surface area contributed by atoms with E-state index in [0.717, 1.165) is 28.7 Å². The molecule has 0 radical (unpaired) electrons. The first-order chi connectivity index (χ1) is 16.8. The third-order valence-electron chi connectivity index (χ3n) is 7.11. The predicted molar refractivity (Wildman–Crippen MR) is 133 cm³/mol. The van der Waals surface area contributed by atoms with Crippen molar-refractivity contribution in [2.45, 2.75) is 64.0 Å². The van der Waals surface area contributed by atoms with E-state index in [2.05, 4.69) is 48.7 Å². The Morgan fingerprint density at radius 2 is 1.60 bits per heavy atom. The summed E-state index contributed by atoms with van der Waals surface area (Å²) in [7, 11) is 0. The molecule has 1 fully saturated rings. The van der Waals surface area contributed by atoms with Crippen LogP contribution in [0.3, 0.4) is 0 Å². The van der Waals surface area contributed by atoms with E-state index in [4.69, 9.17) is 4.74 Å². The second kappa shape index (κ2) is 10.9. The predicted octanol–water partition coefficient (Wildman–Crippen LogP) is 4.70. The maximum Gasteiger partial charge on any atom is 0.407 e. The van der Waals surface area contributed by atoms with Gasteiger partial charge in [0.2, 0.25) is 5.91 Å². The molecule has 3 N–H and O–H groups in total. The molecule has 2 aromatic rings. The van der Waals surface area contributed by atoms with Crippen molar-refractivity contribution in [2.24, 2.45) is 11.8 Å². The standard InChI is InChI=1S/C28H34N2O5/c1-17(2)11-14-25(26(31)29-19-13-12-18(15-19)27(32)33)30-28(34)35-16-24-22-9-5-3-7-20(22)21-8-4-6-10-23(21)24/h3-10,17-19,24-25H,11-16H2,1-2H3,(H,29,31)(H,30,34)(H,32,33)/t18-,19+,25?/m1/s1. The van der Waals surface area contributed by atoms with E-state index in [0.29, 0.717) is 31.6 Å². The quantitative estimate of drug-likeness (QED) is 0.485. The minimum absolute atomic E-state index is 0.0532. The number of hydrogen-bond donors (Lipinski definition) is 3. The van der Waals surface area contributed by atoms with Crippen LogP contribution in [0, 0.1) is 11.8 Å².